The molecule has 0 saturated heterocycles. The molecule has 35 heavy (non-hydrogen) atoms. The Balaban J connectivity index is 1.78. The predicted octanol–water partition coefficient (Wildman–Crippen LogP) is 3.74. The molecule has 0 bridgehead atoms. The van der Waals surface area contributed by atoms with Gasteiger partial charge in [-0.15, -0.1) is 0 Å². The third-order valence-electron chi connectivity index (χ3n) is 4.85. The number of rotatable bonds is 9. The highest BCUT2D eigenvalue weighted by Crippen LogP contribution is 2.28. The fraction of sp³-hybridized carbons (Fsp3) is 0.208. The molecule has 1 amide bonds. The zero-order valence-electron chi connectivity index (χ0n) is 19.7. The molecule has 3 aromatic carbocycles. The zero-order valence-corrected chi connectivity index (χ0v) is 21.3. The average molecular weight is 518 g/mol. The Morgan fingerprint density at radius 3 is 2.00 bits per heavy atom. The van der Waals surface area contributed by atoms with Gasteiger partial charge >= 0.3 is 0 Å². The second-order valence-electron chi connectivity index (χ2n) is 8.09. The van der Waals surface area contributed by atoms with Crippen LogP contribution in [-0.4, -0.2) is 35.9 Å². The van der Waals surface area contributed by atoms with E-state index in [1.807, 2.05) is 6.92 Å². The van der Waals surface area contributed by atoms with Gasteiger partial charge in [0.05, 0.1) is 22.6 Å². The van der Waals surface area contributed by atoms with Crippen molar-refractivity contribution in [3.05, 3.63) is 77.9 Å². The fourth-order valence-electron chi connectivity index (χ4n) is 3.15. The molecular weight excluding hydrogens is 490 g/mol. The first kappa shape index (κ1) is 26.2. The summed E-state index contributed by atoms with van der Waals surface area (Å²) in [6.45, 7) is 5.27. The number of carbonyl (C=O) groups excluding carboxylic acids is 1. The van der Waals surface area contributed by atoms with Crippen molar-refractivity contribution >= 4 is 37.3 Å². The van der Waals surface area contributed by atoms with Crippen LogP contribution in [0.25, 0.3) is 0 Å². The van der Waals surface area contributed by atoms with E-state index < -0.39 is 26.0 Å². The van der Waals surface area contributed by atoms with Gasteiger partial charge in [-0.05, 0) is 75.4 Å². The van der Waals surface area contributed by atoms with E-state index in [1.54, 1.807) is 26.0 Å². The molecule has 0 unspecified atom stereocenters. The van der Waals surface area contributed by atoms with E-state index in [1.165, 1.54) is 61.7 Å². The van der Waals surface area contributed by atoms with Crippen molar-refractivity contribution in [2.45, 2.75) is 36.6 Å². The molecule has 3 aromatic rings. The highest BCUT2D eigenvalue weighted by molar-refractivity contribution is 7.92. The average Bonchev–Trinajstić information content (AvgIpc) is 2.78. The molecule has 0 saturated carbocycles. The van der Waals surface area contributed by atoms with E-state index >= 15 is 0 Å². The number of carbonyl (C=O) groups is 1. The Hall–Kier alpha value is -3.41. The number of nitrogens with one attached hydrogen (secondary N) is 3. The van der Waals surface area contributed by atoms with Crippen LogP contribution in [0.4, 0.5) is 11.4 Å². The lowest BCUT2D eigenvalue weighted by molar-refractivity contribution is 0.102. The van der Waals surface area contributed by atoms with Crippen LogP contribution in [0.3, 0.4) is 0 Å². The van der Waals surface area contributed by atoms with Crippen LogP contribution in [0.15, 0.2) is 76.5 Å². The molecular formula is C24H27N3O6S2. The van der Waals surface area contributed by atoms with E-state index in [-0.39, 0.29) is 38.5 Å². The Morgan fingerprint density at radius 2 is 1.43 bits per heavy atom. The molecule has 0 spiro atoms. The molecule has 0 atom stereocenters. The van der Waals surface area contributed by atoms with Crippen LogP contribution in [0.5, 0.6) is 5.75 Å². The third-order valence-corrected chi connectivity index (χ3v) is 7.90. The SMILES string of the molecule is COc1ccc(S(=O)(=O)NC(C)C)cc1NC(=O)c1ccc(NS(=O)(=O)c2ccc(C)cc2)cc1. The van der Waals surface area contributed by atoms with Crippen LogP contribution < -0.4 is 19.5 Å². The number of sulfonamides is 2. The topological polar surface area (TPSA) is 131 Å². The van der Waals surface area contributed by atoms with E-state index in [9.17, 15) is 21.6 Å². The van der Waals surface area contributed by atoms with Crippen molar-refractivity contribution in [1.29, 1.82) is 0 Å². The molecule has 0 aliphatic heterocycles. The molecule has 0 heterocycles. The standard InChI is InChI=1S/C24H27N3O6S2/c1-16(2)26-35(31,32)21-13-14-23(33-4)22(15-21)25-24(28)18-7-9-19(10-8-18)27-34(29,30)20-11-5-17(3)6-12-20/h5-16,26-27H,1-4H3,(H,25,28). The minimum Gasteiger partial charge on any atom is -0.495 e. The Bertz CT molecular complexity index is 1420. The first-order chi connectivity index (χ1) is 16.4. The van der Waals surface area contributed by atoms with E-state index in [0.29, 0.717) is 0 Å². The van der Waals surface area contributed by atoms with Gasteiger partial charge < -0.3 is 10.1 Å². The van der Waals surface area contributed by atoms with Gasteiger partial charge in [0.25, 0.3) is 15.9 Å². The van der Waals surface area contributed by atoms with E-state index in [2.05, 4.69) is 14.8 Å². The van der Waals surface area contributed by atoms with Crippen molar-refractivity contribution in [1.82, 2.24) is 4.72 Å². The highest BCUT2D eigenvalue weighted by Gasteiger charge is 2.19. The number of ether oxygens (including phenoxy) is 1. The minimum atomic E-state index is -3.78. The Kier molecular flexibility index (Phi) is 7.83. The van der Waals surface area contributed by atoms with Crippen LogP contribution in [0, 0.1) is 6.92 Å². The molecule has 0 fully saturated rings. The number of methoxy groups -OCH3 is 1. The quantitative estimate of drug-likeness (QED) is 0.396. The summed E-state index contributed by atoms with van der Waals surface area (Å²) in [6.07, 6.45) is 0. The minimum absolute atomic E-state index is 0.0249. The van der Waals surface area contributed by atoms with E-state index in [4.69, 9.17) is 4.74 Å². The van der Waals surface area contributed by atoms with Gasteiger partial charge in [0, 0.05) is 17.3 Å². The summed E-state index contributed by atoms with van der Waals surface area (Å²) in [5.41, 5.74) is 1.63. The zero-order chi connectivity index (χ0) is 25.8. The molecule has 0 radical (unpaired) electrons. The summed E-state index contributed by atoms with van der Waals surface area (Å²) in [5.74, 6) is -0.244. The smallest absolute Gasteiger partial charge is 0.261 e. The monoisotopic (exact) mass is 517 g/mol. The summed E-state index contributed by atoms with van der Waals surface area (Å²) in [7, 11) is -6.15. The molecule has 3 N–H and O–H groups in total. The van der Waals surface area contributed by atoms with Gasteiger partial charge in [-0.25, -0.2) is 21.6 Å². The van der Waals surface area contributed by atoms with Gasteiger partial charge in [0.15, 0.2) is 0 Å². The number of hydrogen-bond donors (Lipinski definition) is 3. The maximum Gasteiger partial charge on any atom is 0.261 e. The van der Waals surface area contributed by atoms with Gasteiger partial charge in [-0.1, -0.05) is 17.7 Å². The molecule has 186 valence electrons. The van der Waals surface area contributed by atoms with Crippen LogP contribution in [0.1, 0.15) is 29.8 Å². The number of amides is 1. The van der Waals surface area contributed by atoms with E-state index in [0.717, 1.165) is 5.56 Å². The largest absolute Gasteiger partial charge is 0.495 e. The summed E-state index contributed by atoms with van der Waals surface area (Å²) in [5, 5.41) is 2.65. The lowest BCUT2D eigenvalue weighted by Crippen LogP contribution is -2.30. The summed E-state index contributed by atoms with van der Waals surface area (Å²) < 4.78 is 60.3. The van der Waals surface area contributed by atoms with Crippen molar-refractivity contribution in [3.63, 3.8) is 0 Å². The fourth-order valence-corrected chi connectivity index (χ4v) is 5.48. The van der Waals surface area contributed by atoms with Gasteiger partial charge in [0.1, 0.15) is 5.75 Å². The first-order valence-corrected chi connectivity index (χ1v) is 13.6. The second kappa shape index (κ2) is 10.5. The first-order valence-electron chi connectivity index (χ1n) is 10.6. The van der Waals surface area contributed by atoms with Gasteiger partial charge in [-0.3, -0.25) is 9.52 Å². The Labute approximate surface area is 205 Å². The lowest BCUT2D eigenvalue weighted by Gasteiger charge is -2.14. The van der Waals surface area contributed by atoms with Gasteiger partial charge in [0.2, 0.25) is 10.0 Å². The highest BCUT2D eigenvalue weighted by atomic mass is 32.2. The second-order valence-corrected chi connectivity index (χ2v) is 11.5. The normalized spacial score (nSPS) is 11.8. The molecule has 9 nitrogen and oxygen atoms in total. The van der Waals surface area contributed by atoms with Crippen molar-refractivity contribution < 1.29 is 26.4 Å². The number of benzene rings is 3. The van der Waals surface area contributed by atoms with Crippen LogP contribution in [-0.2, 0) is 20.0 Å². The predicted molar refractivity (Wildman–Crippen MR) is 135 cm³/mol. The van der Waals surface area contributed by atoms with Gasteiger partial charge in [-0.2, -0.15) is 0 Å². The summed E-state index contributed by atoms with van der Waals surface area (Å²) >= 11 is 0. The molecule has 0 aliphatic rings. The molecule has 3 rings (SSSR count). The van der Waals surface area contributed by atoms with Crippen molar-refractivity contribution in [2.24, 2.45) is 0 Å². The number of anilines is 2. The number of hydrogen-bond acceptors (Lipinski definition) is 6. The maximum absolute atomic E-state index is 12.8. The molecule has 0 aliphatic carbocycles. The van der Waals surface area contributed by atoms with Crippen molar-refractivity contribution in [3.8, 4) is 5.75 Å². The third kappa shape index (κ3) is 6.59. The molecule has 11 heteroatoms. The summed E-state index contributed by atoms with van der Waals surface area (Å²) in [4.78, 5) is 12.9. The summed E-state index contributed by atoms with van der Waals surface area (Å²) in [6, 6.07) is 16.1. The lowest BCUT2D eigenvalue weighted by atomic mass is 10.2. The maximum atomic E-state index is 12.8. The molecule has 0 aromatic heterocycles. The van der Waals surface area contributed by atoms with Crippen LogP contribution in [0.2, 0.25) is 0 Å². The van der Waals surface area contributed by atoms with Crippen molar-refractivity contribution in [2.75, 3.05) is 17.1 Å². The number of aryl methyl sites for hydroxylation is 1. The Morgan fingerprint density at radius 1 is 0.829 bits per heavy atom. The van der Waals surface area contributed by atoms with Crippen LogP contribution >= 0.6 is 0 Å².